The van der Waals surface area contributed by atoms with Gasteiger partial charge in [0.25, 0.3) is 0 Å². The molecule has 5 heteroatoms. The quantitative estimate of drug-likeness (QED) is 0.855. The summed E-state index contributed by atoms with van der Waals surface area (Å²) in [5.41, 5.74) is 1.75. The zero-order valence-electron chi connectivity index (χ0n) is 9.76. The van der Waals surface area contributed by atoms with Crippen molar-refractivity contribution in [2.45, 2.75) is 32.7 Å². The molecule has 90 valence electrons. The molecule has 0 amide bonds. The van der Waals surface area contributed by atoms with Crippen molar-refractivity contribution in [3.8, 4) is 0 Å². The van der Waals surface area contributed by atoms with Crippen molar-refractivity contribution in [1.82, 2.24) is 14.5 Å². The molecule has 2 rings (SSSR count). The Bertz CT molecular complexity index is 534. The second-order valence-corrected chi connectivity index (χ2v) is 3.87. The van der Waals surface area contributed by atoms with Gasteiger partial charge in [0.15, 0.2) is 5.65 Å². The van der Waals surface area contributed by atoms with Gasteiger partial charge >= 0.3 is 5.97 Å². The molecule has 2 aromatic rings. The Labute approximate surface area is 99.1 Å². The number of pyridine rings is 1. The highest BCUT2D eigenvalue weighted by molar-refractivity contribution is 5.71. The Morgan fingerprint density at radius 3 is 3.06 bits per heavy atom. The Hall–Kier alpha value is -1.91. The first-order valence-corrected chi connectivity index (χ1v) is 5.74. The first-order chi connectivity index (χ1) is 8.22. The normalized spacial score (nSPS) is 10.9. The van der Waals surface area contributed by atoms with Crippen molar-refractivity contribution >= 4 is 17.1 Å². The molecule has 0 fully saturated rings. The molecule has 2 heterocycles. The van der Waals surface area contributed by atoms with Crippen LogP contribution in [-0.4, -0.2) is 25.6 Å². The van der Waals surface area contributed by atoms with E-state index < -0.39 is 5.97 Å². The first kappa shape index (κ1) is 11.6. The van der Waals surface area contributed by atoms with Crippen LogP contribution >= 0.6 is 0 Å². The van der Waals surface area contributed by atoms with Gasteiger partial charge in [-0.2, -0.15) is 0 Å². The summed E-state index contributed by atoms with van der Waals surface area (Å²) in [7, 11) is 0. The smallest absolute Gasteiger partial charge is 0.303 e. The number of carboxylic acids is 1. The van der Waals surface area contributed by atoms with Gasteiger partial charge in [0.05, 0.1) is 0 Å². The molecule has 0 saturated heterocycles. The van der Waals surface area contributed by atoms with E-state index >= 15 is 0 Å². The van der Waals surface area contributed by atoms with Crippen LogP contribution in [0.1, 0.15) is 25.6 Å². The Balaban J connectivity index is 2.24. The van der Waals surface area contributed by atoms with Crippen LogP contribution in [-0.2, 0) is 17.8 Å². The number of aromatic nitrogens is 3. The molecule has 2 aromatic heterocycles. The van der Waals surface area contributed by atoms with Crippen molar-refractivity contribution in [2.24, 2.45) is 0 Å². The second kappa shape index (κ2) is 4.95. The summed E-state index contributed by atoms with van der Waals surface area (Å²) in [6, 6.07) is 3.78. The number of fused-ring (bicyclic) bond motifs is 1. The Kier molecular flexibility index (Phi) is 3.37. The molecular weight excluding hydrogens is 218 g/mol. The largest absolute Gasteiger partial charge is 0.481 e. The maximum Gasteiger partial charge on any atom is 0.303 e. The van der Waals surface area contributed by atoms with Crippen molar-refractivity contribution in [1.29, 1.82) is 0 Å². The van der Waals surface area contributed by atoms with Gasteiger partial charge in [-0.3, -0.25) is 4.79 Å². The van der Waals surface area contributed by atoms with Crippen molar-refractivity contribution in [2.75, 3.05) is 0 Å². The van der Waals surface area contributed by atoms with Gasteiger partial charge in [0.2, 0.25) is 0 Å². The summed E-state index contributed by atoms with van der Waals surface area (Å²) in [5, 5.41) is 8.62. The third-order valence-electron chi connectivity index (χ3n) is 2.69. The number of hydrogen-bond donors (Lipinski definition) is 1. The van der Waals surface area contributed by atoms with Gasteiger partial charge in [-0.1, -0.05) is 0 Å². The summed E-state index contributed by atoms with van der Waals surface area (Å²) in [4.78, 5) is 19.3. The van der Waals surface area contributed by atoms with Crippen LogP contribution in [0.3, 0.4) is 0 Å². The van der Waals surface area contributed by atoms with Crippen LogP contribution in [0.4, 0.5) is 0 Å². The number of carbonyl (C=O) groups is 1. The third kappa shape index (κ3) is 2.43. The minimum atomic E-state index is -0.762. The van der Waals surface area contributed by atoms with Crippen LogP contribution in [0.5, 0.6) is 0 Å². The first-order valence-electron chi connectivity index (χ1n) is 5.74. The molecule has 0 radical (unpaired) electrons. The molecule has 0 saturated carbocycles. The predicted molar refractivity (Wildman–Crippen MR) is 63.8 cm³/mol. The van der Waals surface area contributed by atoms with E-state index in [0.717, 1.165) is 23.5 Å². The maximum absolute atomic E-state index is 10.5. The number of nitrogens with zero attached hydrogens (tertiary/aromatic N) is 3. The van der Waals surface area contributed by atoms with Gasteiger partial charge in [-0.05, 0) is 25.5 Å². The van der Waals surface area contributed by atoms with E-state index in [1.165, 1.54) is 0 Å². The SMILES string of the molecule is CCn1c(CCCC(=O)O)nc2cccnc21. The van der Waals surface area contributed by atoms with E-state index in [1.807, 2.05) is 23.6 Å². The molecule has 0 unspecified atom stereocenters. The van der Waals surface area contributed by atoms with Gasteiger partial charge < -0.3 is 9.67 Å². The maximum atomic E-state index is 10.5. The molecule has 17 heavy (non-hydrogen) atoms. The molecule has 1 N–H and O–H groups in total. The lowest BCUT2D eigenvalue weighted by Gasteiger charge is -2.03. The molecular formula is C12H15N3O2. The van der Waals surface area contributed by atoms with Crippen molar-refractivity contribution < 1.29 is 9.90 Å². The van der Waals surface area contributed by atoms with Crippen LogP contribution in [0.25, 0.3) is 11.2 Å². The Morgan fingerprint density at radius 2 is 2.35 bits per heavy atom. The van der Waals surface area contributed by atoms with E-state index in [2.05, 4.69) is 9.97 Å². The molecule has 0 bridgehead atoms. The molecule has 0 spiro atoms. The van der Waals surface area contributed by atoms with Crippen LogP contribution in [0.2, 0.25) is 0 Å². The van der Waals surface area contributed by atoms with Crippen LogP contribution in [0, 0.1) is 0 Å². The number of imidazole rings is 1. The molecule has 0 aliphatic heterocycles. The fourth-order valence-electron chi connectivity index (χ4n) is 1.93. The molecule has 0 atom stereocenters. The number of carboxylic acid groups (broad SMARTS) is 1. The highest BCUT2D eigenvalue weighted by Crippen LogP contribution is 2.15. The average Bonchev–Trinajstić information content (AvgIpc) is 2.66. The van der Waals surface area contributed by atoms with E-state index in [9.17, 15) is 4.79 Å². The fourth-order valence-corrected chi connectivity index (χ4v) is 1.93. The monoisotopic (exact) mass is 233 g/mol. The minimum Gasteiger partial charge on any atom is -0.481 e. The second-order valence-electron chi connectivity index (χ2n) is 3.87. The summed E-state index contributed by atoms with van der Waals surface area (Å²) >= 11 is 0. The van der Waals surface area contributed by atoms with Gasteiger partial charge in [0, 0.05) is 25.6 Å². The van der Waals surface area contributed by atoms with E-state index in [-0.39, 0.29) is 6.42 Å². The summed E-state index contributed by atoms with van der Waals surface area (Å²) in [6.45, 7) is 2.84. The predicted octanol–water partition coefficient (Wildman–Crippen LogP) is 1.86. The standard InChI is InChI=1S/C12H15N3O2/c1-2-15-10(6-3-7-11(16)17)14-9-5-4-8-13-12(9)15/h4-5,8H,2-3,6-7H2,1H3,(H,16,17). The topological polar surface area (TPSA) is 68.0 Å². The van der Waals surface area contributed by atoms with Crippen molar-refractivity contribution in [3.63, 3.8) is 0 Å². The van der Waals surface area contributed by atoms with Crippen molar-refractivity contribution in [3.05, 3.63) is 24.2 Å². The molecule has 5 nitrogen and oxygen atoms in total. The average molecular weight is 233 g/mol. The van der Waals surface area contributed by atoms with Gasteiger partial charge in [-0.15, -0.1) is 0 Å². The number of aliphatic carboxylic acids is 1. The lowest BCUT2D eigenvalue weighted by atomic mass is 10.2. The number of hydrogen-bond acceptors (Lipinski definition) is 3. The summed E-state index contributed by atoms with van der Waals surface area (Å²) in [6.07, 6.45) is 3.21. The minimum absolute atomic E-state index is 0.181. The van der Waals surface area contributed by atoms with E-state index in [4.69, 9.17) is 5.11 Å². The van der Waals surface area contributed by atoms with Gasteiger partial charge in [-0.25, -0.2) is 9.97 Å². The molecule has 0 aromatic carbocycles. The zero-order chi connectivity index (χ0) is 12.3. The van der Waals surface area contributed by atoms with E-state index in [0.29, 0.717) is 12.8 Å². The highest BCUT2D eigenvalue weighted by Gasteiger charge is 2.10. The lowest BCUT2D eigenvalue weighted by molar-refractivity contribution is -0.137. The zero-order valence-corrected chi connectivity index (χ0v) is 9.76. The lowest BCUT2D eigenvalue weighted by Crippen LogP contribution is -2.04. The van der Waals surface area contributed by atoms with E-state index in [1.54, 1.807) is 6.20 Å². The van der Waals surface area contributed by atoms with Gasteiger partial charge in [0.1, 0.15) is 11.3 Å². The Morgan fingerprint density at radius 1 is 1.53 bits per heavy atom. The third-order valence-corrected chi connectivity index (χ3v) is 2.69. The van der Waals surface area contributed by atoms with Crippen LogP contribution < -0.4 is 0 Å². The summed E-state index contributed by atoms with van der Waals surface area (Å²) in [5.74, 6) is 0.157. The molecule has 0 aliphatic carbocycles. The fraction of sp³-hybridized carbons (Fsp3) is 0.417. The van der Waals surface area contributed by atoms with Crippen LogP contribution in [0.15, 0.2) is 18.3 Å². The number of rotatable bonds is 5. The number of aryl methyl sites for hydroxylation is 2. The summed E-state index contributed by atoms with van der Waals surface area (Å²) < 4.78 is 2.04. The highest BCUT2D eigenvalue weighted by atomic mass is 16.4. The molecule has 0 aliphatic rings.